The number of carbonyl (C=O) groups is 2. The molecule has 0 bridgehead atoms. The van der Waals surface area contributed by atoms with Crippen molar-refractivity contribution in [3.05, 3.63) is 94.0 Å². The zero-order chi connectivity index (χ0) is 19.2. The molecule has 3 aromatic carbocycles. The molecule has 0 fully saturated rings. The van der Waals surface area contributed by atoms with Crippen LogP contribution in [0.3, 0.4) is 0 Å². The van der Waals surface area contributed by atoms with Gasteiger partial charge >= 0.3 is 5.97 Å². The molecule has 136 valence electrons. The predicted molar refractivity (Wildman–Crippen MR) is 106 cm³/mol. The fourth-order valence-electron chi connectivity index (χ4n) is 2.44. The molecule has 0 aliphatic carbocycles. The number of halogens is 1. The number of benzene rings is 3. The minimum absolute atomic E-state index is 0.0811. The maximum absolute atomic E-state index is 12.4. The number of ether oxygens (including phenoxy) is 2. The molecule has 0 unspecified atom stereocenters. The molecule has 3 aromatic rings. The van der Waals surface area contributed by atoms with Gasteiger partial charge in [-0.15, -0.1) is 0 Å². The van der Waals surface area contributed by atoms with Crippen molar-refractivity contribution >= 4 is 27.7 Å². The van der Waals surface area contributed by atoms with Gasteiger partial charge in [0.05, 0.1) is 0 Å². The van der Waals surface area contributed by atoms with Crippen LogP contribution in [-0.2, 0) is 4.79 Å². The first-order valence-electron chi connectivity index (χ1n) is 8.32. The van der Waals surface area contributed by atoms with Crippen molar-refractivity contribution in [2.45, 2.75) is 6.92 Å². The van der Waals surface area contributed by atoms with E-state index in [1.165, 1.54) is 0 Å². The van der Waals surface area contributed by atoms with Crippen molar-refractivity contribution in [3.63, 3.8) is 0 Å². The van der Waals surface area contributed by atoms with Gasteiger partial charge in [-0.25, -0.2) is 4.79 Å². The van der Waals surface area contributed by atoms with E-state index in [0.29, 0.717) is 22.6 Å². The number of hydrogen-bond donors (Lipinski definition) is 0. The van der Waals surface area contributed by atoms with Crippen LogP contribution in [0, 0.1) is 6.92 Å². The summed E-state index contributed by atoms with van der Waals surface area (Å²) in [5.41, 5.74) is 2.16. The lowest BCUT2D eigenvalue weighted by Crippen LogP contribution is -2.17. The lowest BCUT2D eigenvalue weighted by Gasteiger charge is -2.08. The third kappa shape index (κ3) is 5.05. The summed E-state index contributed by atoms with van der Waals surface area (Å²) >= 11 is 3.41. The Hall–Kier alpha value is -2.92. The normalized spacial score (nSPS) is 10.3. The highest BCUT2D eigenvalue weighted by atomic mass is 79.9. The van der Waals surface area contributed by atoms with Gasteiger partial charge in [-0.1, -0.05) is 46.3 Å². The van der Waals surface area contributed by atoms with E-state index >= 15 is 0 Å². The maximum atomic E-state index is 12.4. The lowest BCUT2D eigenvalue weighted by molar-refractivity contribution is -0.136. The van der Waals surface area contributed by atoms with Gasteiger partial charge in [0.15, 0.2) is 12.4 Å². The summed E-state index contributed by atoms with van der Waals surface area (Å²) in [5, 5.41) is 0. The smallest absolute Gasteiger partial charge is 0.349 e. The zero-order valence-electron chi connectivity index (χ0n) is 14.6. The largest absolute Gasteiger partial charge is 0.482 e. The summed E-state index contributed by atoms with van der Waals surface area (Å²) in [7, 11) is 0. The molecule has 0 saturated carbocycles. The lowest BCUT2D eigenvalue weighted by atomic mass is 10.0. The monoisotopic (exact) mass is 424 g/mol. The second kappa shape index (κ2) is 8.64. The van der Waals surface area contributed by atoms with E-state index in [1.807, 2.05) is 37.3 Å². The van der Waals surface area contributed by atoms with Crippen molar-refractivity contribution in [3.8, 4) is 11.5 Å². The Morgan fingerprint density at radius 2 is 1.48 bits per heavy atom. The molecule has 0 radical (unpaired) electrons. The number of aryl methyl sites for hydroxylation is 1. The number of rotatable bonds is 6. The molecule has 0 saturated heterocycles. The molecule has 3 rings (SSSR count). The van der Waals surface area contributed by atoms with Gasteiger partial charge in [0.1, 0.15) is 11.5 Å². The molecule has 0 aliphatic rings. The van der Waals surface area contributed by atoms with Gasteiger partial charge < -0.3 is 9.47 Å². The van der Waals surface area contributed by atoms with Gasteiger partial charge in [-0.3, -0.25) is 4.79 Å². The fourth-order valence-corrected chi connectivity index (χ4v) is 2.69. The summed E-state index contributed by atoms with van der Waals surface area (Å²) in [6.07, 6.45) is 0. The SMILES string of the molecule is Cc1cc(OCC(=O)Oc2ccc(C(=O)c3ccccc3)cc2)ccc1Br. The van der Waals surface area contributed by atoms with Gasteiger partial charge in [-0.05, 0) is 55.0 Å². The first-order chi connectivity index (χ1) is 13.0. The van der Waals surface area contributed by atoms with Crippen LogP contribution in [0.15, 0.2) is 77.3 Å². The maximum Gasteiger partial charge on any atom is 0.349 e. The summed E-state index contributed by atoms with van der Waals surface area (Å²) in [5.74, 6) is 0.358. The van der Waals surface area contributed by atoms with Gasteiger partial charge in [0.2, 0.25) is 0 Å². The van der Waals surface area contributed by atoms with Crippen molar-refractivity contribution in [2.24, 2.45) is 0 Å². The molecule has 0 amide bonds. The van der Waals surface area contributed by atoms with Crippen molar-refractivity contribution in [1.82, 2.24) is 0 Å². The van der Waals surface area contributed by atoms with E-state index in [0.717, 1.165) is 10.0 Å². The Labute approximate surface area is 165 Å². The van der Waals surface area contributed by atoms with Crippen LogP contribution in [0.25, 0.3) is 0 Å². The Morgan fingerprint density at radius 1 is 0.852 bits per heavy atom. The van der Waals surface area contributed by atoms with Crippen LogP contribution < -0.4 is 9.47 Å². The van der Waals surface area contributed by atoms with Gasteiger partial charge in [0, 0.05) is 15.6 Å². The molecule has 27 heavy (non-hydrogen) atoms. The van der Waals surface area contributed by atoms with Crippen LogP contribution in [-0.4, -0.2) is 18.4 Å². The fraction of sp³-hybridized carbons (Fsp3) is 0.0909. The van der Waals surface area contributed by atoms with E-state index in [1.54, 1.807) is 42.5 Å². The molecule has 0 heterocycles. The predicted octanol–water partition coefficient (Wildman–Crippen LogP) is 4.97. The molecule has 4 nitrogen and oxygen atoms in total. The van der Waals surface area contributed by atoms with Crippen LogP contribution >= 0.6 is 15.9 Å². The van der Waals surface area contributed by atoms with Crippen LogP contribution in [0.5, 0.6) is 11.5 Å². The van der Waals surface area contributed by atoms with E-state index in [9.17, 15) is 9.59 Å². The molecule has 0 aromatic heterocycles. The van der Waals surface area contributed by atoms with E-state index in [4.69, 9.17) is 9.47 Å². The summed E-state index contributed by atoms with van der Waals surface area (Å²) in [6, 6.07) is 20.9. The average Bonchev–Trinajstić information content (AvgIpc) is 2.69. The minimum atomic E-state index is -0.516. The van der Waals surface area contributed by atoms with E-state index in [2.05, 4.69) is 15.9 Å². The van der Waals surface area contributed by atoms with Crippen LogP contribution in [0.1, 0.15) is 21.5 Å². The summed E-state index contributed by atoms with van der Waals surface area (Å²) < 4.78 is 11.7. The second-order valence-corrected chi connectivity index (χ2v) is 6.75. The highest BCUT2D eigenvalue weighted by Crippen LogP contribution is 2.21. The molecule has 0 aliphatic heterocycles. The Kier molecular flexibility index (Phi) is 6.04. The number of esters is 1. The standard InChI is InChI=1S/C22H17BrO4/c1-15-13-19(11-12-20(15)23)26-14-21(24)27-18-9-7-17(8-10-18)22(25)16-5-3-2-4-6-16/h2-13H,14H2,1H3. The third-order valence-electron chi connectivity index (χ3n) is 3.87. The van der Waals surface area contributed by atoms with Crippen molar-refractivity contribution in [1.29, 1.82) is 0 Å². The third-order valence-corrected chi connectivity index (χ3v) is 4.76. The molecule has 5 heteroatoms. The molecular weight excluding hydrogens is 408 g/mol. The minimum Gasteiger partial charge on any atom is -0.482 e. The number of ketones is 1. The molecule has 0 spiro atoms. The Morgan fingerprint density at radius 3 is 2.15 bits per heavy atom. The van der Waals surface area contributed by atoms with Crippen LogP contribution in [0.4, 0.5) is 0 Å². The quantitative estimate of drug-likeness (QED) is 0.318. The van der Waals surface area contributed by atoms with Crippen LogP contribution in [0.2, 0.25) is 0 Å². The summed E-state index contributed by atoms with van der Waals surface area (Å²) in [4.78, 5) is 24.3. The first-order valence-corrected chi connectivity index (χ1v) is 9.11. The number of hydrogen-bond acceptors (Lipinski definition) is 4. The highest BCUT2D eigenvalue weighted by Gasteiger charge is 2.10. The summed E-state index contributed by atoms with van der Waals surface area (Å²) in [6.45, 7) is 1.74. The van der Waals surface area contributed by atoms with Crippen molar-refractivity contribution < 1.29 is 19.1 Å². The zero-order valence-corrected chi connectivity index (χ0v) is 16.2. The molecule has 0 N–H and O–H groups in total. The Balaban J connectivity index is 1.57. The van der Waals surface area contributed by atoms with E-state index in [-0.39, 0.29) is 12.4 Å². The Bertz CT molecular complexity index is 950. The van der Waals surface area contributed by atoms with Gasteiger partial charge in [-0.2, -0.15) is 0 Å². The van der Waals surface area contributed by atoms with Gasteiger partial charge in [0.25, 0.3) is 0 Å². The van der Waals surface area contributed by atoms with E-state index < -0.39 is 5.97 Å². The average molecular weight is 425 g/mol. The highest BCUT2D eigenvalue weighted by molar-refractivity contribution is 9.10. The number of carbonyl (C=O) groups excluding carboxylic acids is 2. The molecular formula is C22H17BrO4. The van der Waals surface area contributed by atoms with Crippen molar-refractivity contribution in [2.75, 3.05) is 6.61 Å². The molecule has 0 atom stereocenters. The topological polar surface area (TPSA) is 52.6 Å². The first kappa shape index (κ1) is 18.9. The second-order valence-electron chi connectivity index (χ2n) is 5.89.